The van der Waals surface area contributed by atoms with Crippen LogP contribution >= 0.6 is 0 Å². The zero-order valence-corrected chi connectivity index (χ0v) is 11.7. The number of phenolic OH excluding ortho intramolecular Hbond substituents is 1. The fraction of sp³-hybridized carbons (Fsp3) is 0.312. The maximum absolute atomic E-state index is 12.2. The van der Waals surface area contributed by atoms with Crippen LogP contribution < -0.4 is 5.32 Å². The number of aldehydes is 1. The summed E-state index contributed by atoms with van der Waals surface area (Å²) in [6.07, 6.45) is 5.48. The number of hydrogen-bond acceptors (Lipinski definition) is 4. The monoisotopic (exact) mass is 284 g/mol. The van der Waals surface area contributed by atoms with Gasteiger partial charge >= 0.3 is 0 Å². The van der Waals surface area contributed by atoms with Crippen LogP contribution in [0.5, 0.6) is 5.75 Å². The van der Waals surface area contributed by atoms with Crippen molar-refractivity contribution in [3.8, 4) is 5.75 Å². The zero-order valence-electron chi connectivity index (χ0n) is 11.7. The van der Waals surface area contributed by atoms with Gasteiger partial charge in [0.15, 0.2) is 6.29 Å². The molecule has 5 nitrogen and oxygen atoms in total. The molecule has 1 aliphatic heterocycles. The third-order valence-electron chi connectivity index (χ3n) is 3.80. The Hall–Kier alpha value is -2.43. The number of anilines is 1. The molecule has 1 saturated carbocycles. The molecule has 0 radical (unpaired) electrons. The number of aryl methyl sites for hydroxylation is 1. The summed E-state index contributed by atoms with van der Waals surface area (Å²) in [5.41, 5.74) is 2.87. The first-order chi connectivity index (χ1) is 10.1. The van der Waals surface area contributed by atoms with E-state index in [2.05, 4.69) is 10.3 Å². The normalized spacial score (nSPS) is 17.2. The van der Waals surface area contributed by atoms with E-state index in [9.17, 15) is 14.7 Å². The van der Waals surface area contributed by atoms with Crippen LogP contribution in [0, 0.1) is 12.8 Å². The Kier molecular flexibility index (Phi) is 3.33. The first-order valence-electron chi connectivity index (χ1n) is 6.96. The van der Waals surface area contributed by atoms with Gasteiger partial charge in [-0.2, -0.15) is 0 Å². The fourth-order valence-corrected chi connectivity index (χ4v) is 2.39. The molecule has 0 aromatic heterocycles. The number of carbonyl (C=O) groups excluding carboxylic acids is 2. The summed E-state index contributed by atoms with van der Waals surface area (Å²) < 4.78 is 0. The molecule has 3 rings (SSSR count). The van der Waals surface area contributed by atoms with Crippen LogP contribution in [0.2, 0.25) is 0 Å². The lowest BCUT2D eigenvalue weighted by molar-refractivity contribution is -0.112. The summed E-state index contributed by atoms with van der Waals surface area (Å²) in [5.74, 6) is 0.189. The van der Waals surface area contributed by atoms with Crippen LogP contribution in [-0.2, 0) is 4.79 Å². The Morgan fingerprint density at radius 1 is 1.43 bits per heavy atom. The molecule has 1 amide bonds. The van der Waals surface area contributed by atoms with Gasteiger partial charge in [0, 0.05) is 17.8 Å². The van der Waals surface area contributed by atoms with E-state index in [1.807, 2.05) is 6.08 Å². The van der Waals surface area contributed by atoms with E-state index in [-0.39, 0.29) is 17.2 Å². The predicted molar refractivity (Wildman–Crippen MR) is 79.7 cm³/mol. The Labute approximate surface area is 122 Å². The first-order valence-corrected chi connectivity index (χ1v) is 6.96. The molecule has 0 spiro atoms. The fourth-order valence-electron chi connectivity index (χ4n) is 2.39. The number of carbonyl (C=O) groups is 2. The van der Waals surface area contributed by atoms with Crippen molar-refractivity contribution in [3.63, 3.8) is 0 Å². The van der Waals surface area contributed by atoms with Crippen LogP contribution in [0.1, 0.15) is 35.2 Å². The Morgan fingerprint density at radius 3 is 2.86 bits per heavy atom. The molecule has 0 atom stereocenters. The van der Waals surface area contributed by atoms with Gasteiger partial charge in [-0.25, -0.2) is 0 Å². The molecule has 1 fully saturated rings. The highest BCUT2D eigenvalue weighted by molar-refractivity contribution is 6.09. The number of allylic oxidation sites excluding steroid dienone is 1. The van der Waals surface area contributed by atoms with Crippen LogP contribution in [-0.4, -0.2) is 23.0 Å². The lowest BCUT2D eigenvalue weighted by atomic mass is 10.1. The van der Waals surface area contributed by atoms with E-state index < -0.39 is 0 Å². The minimum absolute atomic E-state index is 0.0883. The first kappa shape index (κ1) is 13.5. The summed E-state index contributed by atoms with van der Waals surface area (Å²) in [6, 6.07) is 2.93. The van der Waals surface area contributed by atoms with Gasteiger partial charge in [0.1, 0.15) is 11.4 Å². The topological polar surface area (TPSA) is 78.8 Å². The van der Waals surface area contributed by atoms with E-state index >= 15 is 0 Å². The third kappa shape index (κ3) is 2.72. The summed E-state index contributed by atoms with van der Waals surface area (Å²) in [6.45, 7) is 1.76. The molecule has 1 aliphatic carbocycles. The number of rotatable bonds is 4. The number of benzene rings is 1. The highest BCUT2D eigenvalue weighted by Crippen LogP contribution is 2.35. The van der Waals surface area contributed by atoms with Gasteiger partial charge in [0.05, 0.1) is 5.56 Å². The van der Waals surface area contributed by atoms with E-state index in [1.165, 1.54) is 25.0 Å². The van der Waals surface area contributed by atoms with Crippen LogP contribution in [0.3, 0.4) is 0 Å². The molecular formula is C16H16N2O3. The van der Waals surface area contributed by atoms with Crippen molar-refractivity contribution in [1.29, 1.82) is 0 Å². The minimum Gasteiger partial charge on any atom is -0.507 e. The number of nitrogens with zero attached hydrogens (tertiary/aromatic N) is 1. The molecule has 1 aromatic carbocycles. The van der Waals surface area contributed by atoms with Gasteiger partial charge in [0.25, 0.3) is 5.91 Å². The molecule has 21 heavy (non-hydrogen) atoms. The van der Waals surface area contributed by atoms with E-state index in [4.69, 9.17) is 0 Å². The van der Waals surface area contributed by atoms with E-state index in [0.717, 1.165) is 12.1 Å². The second-order valence-electron chi connectivity index (χ2n) is 5.47. The van der Waals surface area contributed by atoms with Crippen LogP contribution in [0.25, 0.3) is 0 Å². The molecule has 5 heteroatoms. The van der Waals surface area contributed by atoms with Crippen LogP contribution in [0.15, 0.2) is 28.9 Å². The van der Waals surface area contributed by atoms with Crippen molar-refractivity contribution in [2.75, 3.05) is 5.32 Å². The second-order valence-corrected chi connectivity index (χ2v) is 5.47. The highest BCUT2D eigenvalue weighted by Gasteiger charge is 2.30. The molecule has 1 heterocycles. The second kappa shape index (κ2) is 5.16. The largest absolute Gasteiger partial charge is 0.507 e. The summed E-state index contributed by atoms with van der Waals surface area (Å²) in [5, 5.41) is 12.3. The van der Waals surface area contributed by atoms with Crippen molar-refractivity contribution in [2.24, 2.45) is 10.9 Å². The molecular weight excluding hydrogens is 268 g/mol. The van der Waals surface area contributed by atoms with Crippen LogP contribution in [0.4, 0.5) is 5.69 Å². The van der Waals surface area contributed by atoms with E-state index in [1.54, 1.807) is 6.92 Å². The summed E-state index contributed by atoms with van der Waals surface area (Å²) in [7, 11) is 0. The Morgan fingerprint density at radius 2 is 2.19 bits per heavy atom. The maximum atomic E-state index is 12.2. The van der Waals surface area contributed by atoms with Crippen molar-refractivity contribution < 1.29 is 14.7 Å². The Bertz CT molecular complexity index is 685. The maximum Gasteiger partial charge on any atom is 0.273 e. The van der Waals surface area contributed by atoms with Gasteiger partial charge < -0.3 is 10.4 Å². The standard InChI is InChI=1S/C16H16N2O3/c1-9-6-15(20)11(8-19)7-14(9)18-16(21)13-5-4-12(17-13)10-2-3-10/h5-8,10,20H,2-4H2,1H3,(H,18,21). The lowest BCUT2D eigenvalue weighted by Crippen LogP contribution is -2.14. The van der Waals surface area contributed by atoms with Gasteiger partial charge in [-0.1, -0.05) is 0 Å². The van der Waals surface area contributed by atoms with Gasteiger partial charge in [-0.3, -0.25) is 14.6 Å². The van der Waals surface area contributed by atoms with E-state index in [0.29, 0.717) is 29.2 Å². The zero-order chi connectivity index (χ0) is 15.0. The third-order valence-corrected chi connectivity index (χ3v) is 3.80. The number of nitrogens with one attached hydrogen (secondary N) is 1. The minimum atomic E-state index is -0.281. The molecule has 0 saturated heterocycles. The van der Waals surface area contributed by atoms with Crippen molar-refractivity contribution in [3.05, 3.63) is 35.0 Å². The quantitative estimate of drug-likeness (QED) is 0.659. The lowest BCUT2D eigenvalue weighted by Gasteiger charge is -2.09. The Balaban J connectivity index is 1.77. The van der Waals surface area contributed by atoms with Gasteiger partial charge in [0.2, 0.25) is 0 Å². The molecule has 2 aliphatic rings. The number of aliphatic imine (C=N–C) groups is 1. The highest BCUT2D eigenvalue weighted by atomic mass is 16.3. The molecule has 0 unspecified atom stereocenters. The molecule has 2 N–H and O–H groups in total. The number of aromatic hydroxyl groups is 1. The molecule has 108 valence electrons. The van der Waals surface area contributed by atoms with Crippen molar-refractivity contribution in [1.82, 2.24) is 0 Å². The van der Waals surface area contributed by atoms with Gasteiger partial charge in [-0.05, 0) is 49.5 Å². The number of phenols is 1. The summed E-state index contributed by atoms with van der Waals surface area (Å²) in [4.78, 5) is 27.4. The average Bonchev–Trinajstić information content (AvgIpc) is 3.19. The average molecular weight is 284 g/mol. The predicted octanol–water partition coefficient (Wildman–Crippen LogP) is 2.59. The van der Waals surface area contributed by atoms with Gasteiger partial charge in [-0.15, -0.1) is 0 Å². The van der Waals surface area contributed by atoms with Crippen molar-refractivity contribution in [2.45, 2.75) is 26.2 Å². The number of amides is 1. The number of hydrogen-bond donors (Lipinski definition) is 2. The summed E-state index contributed by atoms with van der Waals surface area (Å²) >= 11 is 0. The molecule has 0 bridgehead atoms. The SMILES string of the molecule is Cc1cc(O)c(C=O)cc1NC(=O)C1=CCC(C2CC2)=N1. The smallest absolute Gasteiger partial charge is 0.273 e. The van der Waals surface area contributed by atoms with Crippen molar-refractivity contribution >= 4 is 23.6 Å². The molecule has 1 aromatic rings.